The lowest BCUT2D eigenvalue weighted by atomic mass is 9.98. The van der Waals surface area contributed by atoms with E-state index in [0.29, 0.717) is 11.1 Å². The number of hydrogen-bond acceptors (Lipinski definition) is 12. The van der Waals surface area contributed by atoms with Crippen molar-refractivity contribution in [3.8, 4) is 41.6 Å². The Kier molecular flexibility index (Phi) is 16.6. The van der Waals surface area contributed by atoms with Crippen LogP contribution >= 0.6 is 0 Å². The van der Waals surface area contributed by atoms with E-state index in [1.807, 2.05) is 48.5 Å². The number of urea groups is 1. The van der Waals surface area contributed by atoms with E-state index < -0.39 is 60.3 Å². The Labute approximate surface area is 367 Å². The fourth-order valence-corrected chi connectivity index (χ4v) is 6.65. The van der Waals surface area contributed by atoms with Crippen LogP contribution in [0, 0.1) is 34.8 Å². The minimum Gasteiger partial charge on any atom is -0.449 e. The average Bonchev–Trinajstić information content (AvgIpc) is 3.60. The Morgan fingerprint density at radius 1 is 0.844 bits per heavy atom. The first-order valence-electron chi connectivity index (χ1n) is 19.6. The lowest BCUT2D eigenvalue weighted by Crippen LogP contribution is -2.48. The Morgan fingerprint density at radius 2 is 1.53 bits per heavy atom. The summed E-state index contributed by atoms with van der Waals surface area (Å²) in [5.41, 5.74) is 9.94. The molecule has 0 radical (unpaired) electrons. The van der Waals surface area contributed by atoms with Crippen molar-refractivity contribution in [3.63, 3.8) is 0 Å². The van der Waals surface area contributed by atoms with Crippen LogP contribution in [0.25, 0.3) is 11.1 Å². The second-order valence-corrected chi connectivity index (χ2v) is 13.9. The molecule has 0 saturated heterocycles. The van der Waals surface area contributed by atoms with Gasteiger partial charge in [-0.15, -0.1) is 12.8 Å². The van der Waals surface area contributed by atoms with E-state index in [9.17, 15) is 38.9 Å². The summed E-state index contributed by atoms with van der Waals surface area (Å²) in [5, 5.41) is 21.1. The van der Waals surface area contributed by atoms with Crippen molar-refractivity contribution in [2.75, 3.05) is 38.2 Å². The quantitative estimate of drug-likeness (QED) is 0.0160. The van der Waals surface area contributed by atoms with Crippen molar-refractivity contribution in [1.82, 2.24) is 20.9 Å². The third-order valence-corrected chi connectivity index (χ3v) is 9.61. The van der Waals surface area contributed by atoms with Crippen molar-refractivity contribution >= 4 is 47.6 Å². The van der Waals surface area contributed by atoms with E-state index in [1.54, 1.807) is 0 Å². The molecule has 64 heavy (non-hydrogen) atoms. The molecule has 1 aliphatic carbocycles. The number of nitrogens with one attached hydrogen (secondary N) is 4. The minimum absolute atomic E-state index is 0.0190. The lowest BCUT2D eigenvalue weighted by molar-refractivity contribution is -0.384. The number of nitrogens with two attached hydrogens (primary N) is 1. The van der Waals surface area contributed by atoms with Gasteiger partial charge in [-0.3, -0.25) is 24.6 Å². The van der Waals surface area contributed by atoms with Crippen molar-refractivity contribution < 1.29 is 52.6 Å². The number of terminal acetylenes is 2. The maximum atomic E-state index is 13.8. The Balaban J connectivity index is 1.25. The molecule has 0 aromatic heterocycles. The van der Waals surface area contributed by atoms with E-state index in [4.69, 9.17) is 37.5 Å². The second kappa shape index (κ2) is 22.9. The highest BCUT2D eigenvalue weighted by Crippen LogP contribution is 2.44. The maximum Gasteiger partial charge on any atom is 0.514 e. The summed E-state index contributed by atoms with van der Waals surface area (Å²) < 4.78 is 21.0. The number of carbonyl (C=O) groups excluding carboxylic acids is 6. The molecule has 0 spiro atoms. The second-order valence-electron chi connectivity index (χ2n) is 13.9. The van der Waals surface area contributed by atoms with E-state index in [0.717, 1.165) is 39.3 Å². The number of fused-ring (bicyclic) bond motifs is 3. The van der Waals surface area contributed by atoms with Crippen LogP contribution in [0.15, 0.2) is 91.0 Å². The zero-order valence-electron chi connectivity index (χ0n) is 34.2. The van der Waals surface area contributed by atoms with Gasteiger partial charge in [0.2, 0.25) is 11.8 Å². The predicted molar refractivity (Wildman–Crippen MR) is 230 cm³/mol. The molecule has 19 heteroatoms. The number of anilines is 1. The number of rotatable bonds is 19. The van der Waals surface area contributed by atoms with Gasteiger partial charge >= 0.3 is 24.4 Å². The van der Waals surface area contributed by atoms with Gasteiger partial charge < -0.3 is 45.9 Å². The third-order valence-electron chi connectivity index (χ3n) is 9.61. The summed E-state index contributed by atoms with van der Waals surface area (Å²) >= 11 is 0. The van der Waals surface area contributed by atoms with E-state index in [1.165, 1.54) is 30.3 Å². The number of alkyl carbamates (subject to hydrolysis) is 1. The molecule has 4 aromatic carbocycles. The molecule has 4 aromatic rings. The molecule has 1 unspecified atom stereocenters. The fourth-order valence-electron chi connectivity index (χ4n) is 6.65. The predicted octanol–water partition coefficient (Wildman–Crippen LogP) is 4.93. The number of benzene rings is 4. The van der Waals surface area contributed by atoms with Crippen LogP contribution in [0.4, 0.5) is 30.6 Å². The van der Waals surface area contributed by atoms with Gasteiger partial charge in [0.1, 0.15) is 31.5 Å². The maximum absolute atomic E-state index is 13.8. The smallest absolute Gasteiger partial charge is 0.449 e. The van der Waals surface area contributed by atoms with Gasteiger partial charge in [-0.25, -0.2) is 19.2 Å². The molecular weight excluding hydrogens is 831 g/mol. The molecule has 6 amide bonds. The zero-order chi connectivity index (χ0) is 46.0. The van der Waals surface area contributed by atoms with Gasteiger partial charge in [0.15, 0.2) is 6.61 Å². The number of nitro groups is 1. The highest BCUT2D eigenvalue weighted by atomic mass is 16.7. The highest BCUT2D eigenvalue weighted by molar-refractivity contribution is 5.97. The fraction of sp³-hybridized carbons (Fsp3) is 0.244. The summed E-state index contributed by atoms with van der Waals surface area (Å²) in [7, 11) is 0. The molecule has 5 rings (SSSR count). The van der Waals surface area contributed by atoms with Crippen LogP contribution in [-0.4, -0.2) is 84.9 Å². The number of non-ortho nitro benzene ring substituents is 1. The standard InChI is InChI=1S/C45H43N7O12/c1-3-22-51(44(57)61-23-4-2)26-30-24-31(16-15-29(30)27-63-45(58)64-33-19-17-32(18-20-33)52(59)60)49-41(54)39(14-9-21-47-42(46)55)50-40(53)25-48-43(56)62-28-38-36-12-7-5-10-34(36)35-11-6-8-13-37(35)38/h1-2,5-8,10-13,15-20,24,38-39H,9,14,21-23,25-28H2,(H,48,56)(H,49,54)(H,50,53)(H3,46,47,55). The number of carbonyl (C=O) groups is 6. The number of ether oxygens (including phenoxy) is 4. The summed E-state index contributed by atoms with van der Waals surface area (Å²) in [6.07, 6.45) is 8.14. The molecule has 1 atom stereocenters. The molecule has 19 nitrogen and oxygen atoms in total. The molecule has 0 bridgehead atoms. The Morgan fingerprint density at radius 3 is 2.17 bits per heavy atom. The number of nitro benzene ring substituents is 1. The first-order valence-corrected chi connectivity index (χ1v) is 19.6. The minimum atomic E-state index is -1.19. The van der Waals surface area contributed by atoms with Gasteiger partial charge in [0.25, 0.3) is 5.69 Å². The highest BCUT2D eigenvalue weighted by Gasteiger charge is 2.29. The Hall–Kier alpha value is -8.58. The SMILES string of the molecule is C#CCOC(=O)N(CC#C)Cc1cc(NC(=O)C(CCCNC(N)=O)NC(=O)CNC(=O)OCC2c3ccccc3-c3ccccc32)ccc1COC(=O)Oc1ccc([N+](=O)[O-])cc1. The molecular formula is C45H43N7O12. The molecule has 0 aliphatic heterocycles. The van der Waals surface area contributed by atoms with Crippen LogP contribution in [-0.2, 0) is 37.0 Å². The van der Waals surface area contributed by atoms with E-state index >= 15 is 0 Å². The molecule has 0 fully saturated rings. The van der Waals surface area contributed by atoms with E-state index in [-0.39, 0.29) is 68.7 Å². The van der Waals surface area contributed by atoms with Gasteiger partial charge in [-0.1, -0.05) is 66.4 Å². The van der Waals surface area contributed by atoms with Gasteiger partial charge in [0, 0.05) is 30.3 Å². The molecule has 0 heterocycles. The van der Waals surface area contributed by atoms with Crippen molar-refractivity contribution in [1.29, 1.82) is 0 Å². The van der Waals surface area contributed by atoms with Crippen LogP contribution in [0.1, 0.15) is 41.0 Å². The Bertz CT molecular complexity index is 2420. The lowest BCUT2D eigenvalue weighted by Gasteiger charge is -2.22. The summed E-state index contributed by atoms with van der Waals surface area (Å²) in [6.45, 7) is -1.62. The molecule has 6 N–H and O–H groups in total. The van der Waals surface area contributed by atoms with Gasteiger partial charge in [-0.05, 0) is 70.5 Å². The molecule has 1 aliphatic rings. The first-order chi connectivity index (χ1) is 30.9. The molecule has 330 valence electrons. The van der Waals surface area contributed by atoms with Crippen LogP contribution in [0.3, 0.4) is 0 Å². The average molecular weight is 874 g/mol. The first kappa shape index (κ1) is 46.5. The van der Waals surface area contributed by atoms with Gasteiger partial charge in [0.05, 0.1) is 18.0 Å². The molecule has 0 saturated carbocycles. The zero-order valence-corrected chi connectivity index (χ0v) is 34.2. The number of amides is 6. The monoisotopic (exact) mass is 873 g/mol. The van der Waals surface area contributed by atoms with Crippen LogP contribution in [0.2, 0.25) is 0 Å². The third kappa shape index (κ3) is 13.2. The topological polar surface area (TPSA) is 260 Å². The largest absolute Gasteiger partial charge is 0.514 e. The van der Waals surface area contributed by atoms with E-state index in [2.05, 4.69) is 33.1 Å². The van der Waals surface area contributed by atoms with Crippen molar-refractivity contribution in [2.45, 2.75) is 38.0 Å². The summed E-state index contributed by atoms with van der Waals surface area (Å²) in [5.74, 6) is 2.91. The van der Waals surface area contributed by atoms with Crippen LogP contribution < -0.4 is 31.7 Å². The number of primary amides is 1. The number of nitrogens with zero attached hydrogens (tertiary/aromatic N) is 2. The summed E-state index contributed by atoms with van der Waals surface area (Å²) in [6, 6.07) is 22.8. The number of hydrogen-bond donors (Lipinski definition) is 5. The van der Waals surface area contributed by atoms with Crippen LogP contribution in [0.5, 0.6) is 5.75 Å². The van der Waals surface area contributed by atoms with Crippen molar-refractivity contribution in [3.05, 3.63) is 123 Å². The summed E-state index contributed by atoms with van der Waals surface area (Å²) in [4.78, 5) is 87.9. The normalized spacial score (nSPS) is 11.5. The van der Waals surface area contributed by atoms with Crippen molar-refractivity contribution in [2.24, 2.45) is 5.73 Å². The van der Waals surface area contributed by atoms with Gasteiger partial charge in [-0.2, -0.15) is 0 Å².